The van der Waals surface area contributed by atoms with Gasteiger partial charge in [0.2, 0.25) is 0 Å². The minimum Gasteiger partial charge on any atom is -0.338 e. The van der Waals surface area contributed by atoms with Crippen molar-refractivity contribution in [3.05, 3.63) is 29.8 Å². The van der Waals surface area contributed by atoms with Gasteiger partial charge < -0.3 is 10.6 Å². The van der Waals surface area contributed by atoms with Crippen LogP contribution in [0.4, 0.5) is 4.79 Å². The first-order valence-corrected chi connectivity index (χ1v) is 7.63. The zero-order chi connectivity index (χ0) is 14.3. The zero-order valence-electron chi connectivity index (χ0n) is 12.2. The summed E-state index contributed by atoms with van der Waals surface area (Å²) in [6.07, 6.45) is 0. The highest BCUT2D eigenvalue weighted by Crippen LogP contribution is 2.17. The van der Waals surface area contributed by atoms with Gasteiger partial charge in [0.25, 0.3) is 0 Å². The Labute approximate surface area is 120 Å². The second-order valence-electron chi connectivity index (χ2n) is 5.67. The minimum atomic E-state index is -0.109. The van der Waals surface area contributed by atoms with Crippen LogP contribution < -0.4 is 10.6 Å². The fourth-order valence-electron chi connectivity index (χ4n) is 1.46. The second kappa shape index (κ2) is 7.43. The Kier molecular flexibility index (Phi) is 6.22. The van der Waals surface area contributed by atoms with Gasteiger partial charge in [-0.3, -0.25) is 0 Å². The molecule has 0 aliphatic carbocycles. The molecule has 0 heterocycles. The molecule has 106 valence electrons. The quantitative estimate of drug-likeness (QED) is 0.808. The van der Waals surface area contributed by atoms with Gasteiger partial charge in [-0.25, -0.2) is 4.79 Å². The van der Waals surface area contributed by atoms with E-state index in [2.05, 4.69) is 62.6 Å². The largest absolute Gasteiger partial charge is 0.338 e. The van der Waals surface area contributed by atoms with Gasteiger partial charge in [-0.15, -0.1) is 11.8 Å². The van der Waals surface area contributed by atoms with Gasteiger partial charge in [-0.05, 0) is 28.9 Å². The van der Waals surface area contributed by atoms with Crippen LogP contribution in [0.2, 0.25) is 0 Å². The van der Waals surface area contributed by atoms with E-state index in [0.717, 1.165) is 11.3 Å². The zero-order valence-corrected chi connectivity index (χ0v) is 13.1. The number of urea groups is 1. The Morgan fingerprint density at radius 3 is 2.32 bits per heavy atom. The Morgan fingerprint density at radius 2 is 1.79 bits per heavy atom. The summed E-state index contributed by atoms with van der Waals surface area (Å²) in [4.78, 5) is 12.9. The van der Waals surface area contributed by atoms with Crippen molar-refractivity contribution < 1.29 is 4.79 Å². The molecule has 2 N–H and O–H groups in total. The third kappa shape index (κ3) is 7.11. The first-order valence-electron chi connectivity index (χ1n) is 6.64. The summed E-state index contributed by atoms with van der Waals surface area (Å²) < 4.78 is 0. The predicted molar refractivity (Wildman–Crippen MR) is 82.5 cm³/mol. The highest BCUT2D eigenvalue weighted by molar-refractivity contribution is 7.99. The van der Waals surface area contributed by atoms with Crippen LogP contribution in [0.5, 0.6) is 0 Å². The fraction of sp³-hybridized carbons (Fsp3) is 0.533. The van der Waals surface area contributed by atoms with E-state index in [4.69, 9.17) is 0 Å². The predicted octanol–water partition coefficient (Wildman–Crippen LogP) is 3.64. The lowest BCUT2D eigenvalue weighted by atomic mass is 9.97. The average molecular weight is 280 g/mol. The third-order valence-electron chi connectivity index (χ3n) is 2.47. The number of hydrogen-bond donors (Lipinski definition) is 2. The maximum Gasteiger partial charge on any atom is 0.315 e. The van der Waals surface area contributed by atoms with Crippen LogP contribution >= 0.6 is 11.8 Å². The van der Waals surface area contributed by atoms with E-state index in [-0.39, 0.29) is 11.4 Å². The van der Waals surface area contributed by atoms with Crippen molar-refractivity contribution in [2.75, 3.05) is 12.3 Å². The number of benzene rings is 1. The lowest BCUT2D eigenvalue weighted by Crippen LogP contribution is -2.39. The molecular weight excluding hydrogens is 256 g/mol. The normalized spacial score (nSPS) is 11.2. The van der Waals surface area contributed by atoms with Crippen LogP contribution in [0, 0.1) is 5.41 Å². The van der Waals surface area contributed by atoms with Crippen molar-refractivity contribution in [1.29, 1.82) is 0 Å². The first kappa shape index (κ1) is 15.9. The van der Waals surface area contributed by atoms with Gasteiger partial charge in [0.1, 0.15) is 0 Å². The van der Waals surface area contributed by atoms with Crippen molar-refractivity contribution in [3.8, 4) is 0 Å². The molecule has 0 radical (unpaired) electrons. The van der Waals surface area contributed by atoms with Crippen molar-refractivity contribution >= 4 is 17.8 Å². The number of carbonyl (C=O) groups excluding carboxylic acids is 1. The average Bonchev–Trinajstić information content (AvgIpc) is 2.35. The number of amides is 2. The molecule has 0 aliphatic heterocycles. The van der Waals surface area contributed by atoms with Gasteiger partial charge in [0.05, 0.1) is 0 Å². The molecule has 0 atom stereocenters. The molecule has 0 unspecified atom stereocenters. The van der Waals surface area contributed by atoms with Crippen LogP contribution in [-0.2, 0) is 6.54 Å². The van der Waals surface area contributed by atoms with E-state index >= 15 is 0 Å². The monoisotopic (exact) mass is 280 g/mol. The van der Waals surface area contributed by atoms with Crippen LogP contribution in [0.15, 0.2) is 29.2 Å². The highest BCUT2D eigenvalue weighted by atomic mass is 32.2. The summed E-state index contributed by atoms with van der Waals surface area (Å²) in [5.74, 6) is 1.08. The minimum absolute atomic E-state index is 0.108. The number of carbonyl (C=O) groups is 1. The fourth-order valence-corrected chi connectivity index (χ4v) is 2.12. The second-order valence-corrected chi connectivity index (χ2v) is 7.01. The van der Waals surface area contributed by atoms with Crippen molar-refractivity contribution in [1.82, 2.24) is 10.6 Å². The van der Waals surface area contributed by atoms with Crippen molar-refractivity contribution in [3.63, 3.8) is 0 Å². The molecule has 2 amide bonds. The topological polar surface area (TPSA) is 41.1 Å². The van der Waals surface area contributed by atoms with E-state index in [9.17, 15) is 4.79 Å². The van der Waals surface area contributed by atoms with E-state index in [1.807, 2.05) is 11.8 Å². The SMILES string of the molecule is CCSc1ccc(CNC(=O)NCC(C)(C)C)cc1. The molecule has 1 aromatic carbocycles. The molecule has 4 heteroatoms. The smallest absolute Gasteiger partial charge is 0.315 e. The van der Waals surface area contributed by atoms with Gasteiger partial charge in [-0.1, -0.05) is 39.8 Å². The van der Waals surface area contributed by atoms with Crippen LogP contribution in [0.1, 0.15) is 33.3 Å². The molecule has 1 rings (SSSR count). The Morgan fingerprint density at radius 1 is 1.16 bits per heavy atom. The van der Waals surface area contributed by atoms with E-state index in [1.54, 1.807) is 0 Å². The lowest BCUT2D eigenvalue weighted by molar-refractivity contribution is 0.235. The summed E-state index contributed by atoms with van der Waals surface area (Å²) in [7, 11) is 0. The molecule has 1 aromatic rings. The summed E-state index contributed by atoms with van der Waals surface area (Å²) in [6.45, 7) is 9.66. The van der Waals surface area contributed by atoms with E-state index in [1.165, 1.54) is 4.90 Å². The molecule has 3 nitrogen and oxygen atoms in total. The molecule has 0 saturated carbocycles. The standard InChI is InChI=1S/C15H24N2OS/c1-5-19-13-8-6-12(7-9-13)10-16-14(18)17-11-15(2,3)4/h6-9H,5,10-11H2,1-4H3,(H2,16,17,18). The summed E-state index contributed by atoms with van der Waals surface area (Å²) in [6, 6.07) is 8.20. The highest BCUT2D eigenvalue weighted by Gasteiger charge is 2.11. The Bertz CT molecular complexity index is 396. The molecule has 0 spiro atoms. The van der Waals surface area contributed by atoms with Crippen LogP contribution in [-0.4, -0.2) is 18.3 Å². The van der Waals surface area contributed by atoms with E-state index in [0.29, 0.717) is 13.1 Å². The molecule has 0 fully saturated rings. The van der Waals surface area contributed by atoms with Crippen molar-refractivity contribution in [2.24, 2.45) is 5.41 Å². The van der Waals surface area contributed by atoms with Gasteiger partial charge in [0, 0.05) is 18.0 Å². The van der Waals surface area contributed by atoms with E-state index < -0.39 is 0 Å². The maximum absolute atomic E-state index is 11.6. The van der Waals surface area contributed by atoms with Crippen LogP contribution in [0.25, 0.3) is 0 Å². The Balaban J connectivity index is 2.33. The number of thioether (sulfide) groups is 1. The molecule has 0 bridgehead atoms. The summed E-state index contributed by atoms with van der Waals surface area (Å²) in [5, 5.41) is 5.74. The first-order chi connectivity index (χ1) is 8.90. The molecule has 0 saturated heterocycles. The third-order valence-corrected chi connectivity index (χ3v) is 3.36. The van der Waals surface area contributed by atoms with Crippen molar-refractivity contribution in [2.45, 2.75) is 39.1 Å². The summed E-state index contributed by atoms with van der Waals surface area (Å²) >= 11 is 1.82. The number of rotatable bonds is 5. The molecule has 19 heavy (non-hydrogen) atoms. The number of hydrogen-bond acceptors (Lipinski definition) is 2. The lowest BCUT2D eigenvalue weighted by Gasteiger charge is -2.18. The van der Waals surface area contributed by atoms with Gasteiger partial charge >= 0.3 is 6.03 Å². The number of nitrogens with one attached hydrogen (secondary N) is 2. The molecular formula is C15H24N2OS. The summed E-state index contributed by atoms with van der Waals surface area (Å²) in [5.41, 5.74) is 1.22. The Hall–Kier alpha value is -1.16. The van der Waals surface area contributed by atoms with Crippen LogP contribution in [0.3, 0.4) is 0 Å². The maximum atomic E-state index is 11.6. The van der Waals surface area contributed by atoms with Gasteiger partial charge in [-0.2, -0.15) is 0 Å². The van der Waals surface area contributed by atoms with Gasteiger partial charge in [0.15, 0.2) is 0 Å². The molecule has 0 aliphatic rings. The molecule has 0 aromatic heterocycles.